The van der Waals surface area contributed by atoms with Gasteiger partial charge in [-0.2, -0.15) is 8.42 Å². The fourth-order valence-electron chi connectivity index (χ4n) is 2.93. The molecule has 0 aromatic heterocycles. The Balaban J connectivity index is 1.99. The van der Waals surface area contributed by atoms with Crippen molar-refractivity contribution in [2.24, 2.45) is 0 Å². The van der Waals surface area contributed by atoms with E-state index in [2.05, 4.69) is 0 Å². The van der Waals surface area contributed by atoms with Gasteiger partial charge in [0, 0.05) is 18.8 Å². The van der Waals surface area contributed by atoms with Gasteiger partial charge in [0.15, 0.2) is 0 Å². The first-order chi connectivity index (χ1) is 12.3. The second-order valence-electron chi connectivity index (χ2n) is 5.82. The predicted molar refractivity (Wildman–Crippen MR) is 108 cm³/mol. The topological polar surface area (TPSA) is 77.9 Å². The highest BCUT2D eigenvalue weighted by Gasteiger charge is 2.35. The van der Waals surface area contributed by atoms with Crippen molar-refractivity contribution in [1.82, 2.24) is 4.90 Å². The Bertz CT molecular complexity index is 922. The molecule has 138 valence electrons. The molecule has 0 spiro atoms. The Morgan fingerprint density at radius 3 is 2.58 bits per heavy atom. The summed E-state index contributed by atoms with van der Waals surface area (Å²) in [6.07, 6.45) is 4.03. The summed E-state index contributed by atoms with van der Waals surface area (Å²) in [5, 5.41) is 0. The number of likely N-dealkylation sites (N-methyl/N-ethyl adjacent to an activating group) is 1. The smallest absolute Gasteiger partial charge is 0.268 e. The Morgan fingerprint density at radius 2 is 1.92 bits per heavy atom. The van der Waals surface area contributed by atoms with Crippen LogP contribution in [-0.4, -0.2) is 46.9 Å². The third-order valence-corrected chi connectivity index (χ3v) is 6.38. The Morgan fingerprint density at radius 1 is 1.19 bits per heavy atom. The summed E-state index contributed by atoms with van der Waals surface area (Å²) in [6, 6.07) is 7.69. The highest BCUT2D eigenvalue weighted by atomic mass is 32.2. The van der Waals surface area contributed by atoms with E-state index in [0.29, 0.717) is 28.0 Å². The number of para-hydroxylation sites is 1. The molecule has 6 nitrogen and oxygen atoms in total. The van der Waals surface area contributed by atoms with Crippen LogP contribution in [0.4, 0.5) is 5.69 Å². The maximum Gasteiger partial charge on any atom is 0.268 e. The van der Waals surface area contributed by atoms with Gasteiger partial charge in [0.1, 0.15) is 9.23 Å². The minimum Gasteiger partial charge on any atom is -0.340 e. The summed E-state index contributed by atoms with van der Waals surface area (Å²) in [5.74, 6) is -0.472. The van der Waals surface area contributed by atoms with Crippen molar-refractivity contribution in [1.29, 1.82) is 0 Å². The first-order valence-electron chi connectivity index (χ1n) is 8.09. The molecule has 1 N–H and O–H groups in total. The second kappa shape index (κ2) is 7.51. The quantitative estimate of drug-likeness (QED) is 0.454. The van der Waals surface area contributed by atoms with E-state index in [1.807, 2.05) is 48.2 Å². The molecule has 1 saturated heterocycles. The summed E-state index contributed by atoms with van der Waals surface area (Å²) < 4.78 is 31.7. The SMILES string of the molecule is CCN1C(=O)/C(=C2/C=Cc3ccccc3N2CCCS(=O)(=O)O)SC1=S. The van der Waals surface area contributed by atoms with E-state index in [1.165, 1.54) is 11.8 Å². The minimum absolute atomic E-state index is 0.138. The third kappa shape index (κ3) is 3.85. The standard InChI is InChI=1S/C17H18N2O4S3/c1-2-18-16(20)15(25-17(18)24)14-9-8-12-6-3-4-7-13(12)19(14)10-5-11-26(21,22)23/h3-4,6-9H,2,5,10-11H2,1H3,(H,21,22,23)/b15-14+. The summed E-state index contributed by atoms with van der Waals surface area (Å²) in [4.78, 5) is 16.7. The van der Waals surface area contributed by atoms with Crippen LogP contribution in [0.15, 0.2) is 40.9 Å². The molecule has 2 heterocycles. The second-order valence-corrected chi connectivity index (χ2v) is 9.03. The number of allylic oxidation sites excluding steroid dienone is 1. The van der Waals surface area contributed by atoms with E-state index in [0.717, 1.165) is 11.3 Å². The first kappa shape index (κ1) is 19.1. The zero-order valence-electron chi connectivity index (χ0n) is 14.1. The summed E-state index contributed by atoms with van der Waals surface area (Å²) in [7, 11) is -4.03. The van der Waals surface area contributed by atoms with Gasteiger partial charge in [0.2, 0.25) is 0 Å². The number of fused-ring (bicyclic) bond motifs is 1. The molecule has 2 aliphatic rings. The predicted octanol–water partition coefficient (Wildman–Crippen LogP) is 2.89. The first-order valence-corrected chi connectivity index (χ1v) is 10.9. The summed E-state index contributed by atoms with van der Waals surface area (Å²) >= 11 is 6.55. The van der Waals surface area contributed by atoms with Crippen molar-refractivity contribution >= 4 is 56.1 Å². The largest absolute Gasteiger partial charge is 0.340 e. The van der Waals surface area contributed by atoms with E-state index in [-0.39, 0.29) is 18.1 Å². The molecule has 0 radical (unpaired) electrons. The number of carbonyl (C=O) groups is 1. The van der Waals surface area contributed by atoms with Crippen LogP contribution in [0.2, 0.25) is 0 Å². The lowest BCUT2D eigenvalue weighted by atomic mass is 10.0. The number of benzene rings is 1. The van der Waals surface area contributed by atoms with Gasteiger partial charge in [-0.15, -0.1) is 0 Å². The Hall–Kier alpha value is -1.68. The molecule has 0 aliphatic carbocycles. The lowest BCUT2D eigenvalue weighted by Gasteiger charge is -2.31. The molecule has 0 unspecified atom stereocenters. The van der Waals surface area contributed by atoms with Crippen LogP contribution in [0, 0.1) is 0 Å². The van der Waals surface area contributed by atoms with E-state index < -0.39 is 10.1 Å². The van der Waals surface area contributed by atoms with Crippen molar-refractivity contribution in [2.45, 2.75) is 13.3 Å². The maximum absolute atomic E-state index is 12.7. The van der Waals surface area contributed by atoms with Gasteiger partial charge >= 0.3 is 0 Å². The fraction of sp³-hybridized carbons (Fsp3) is 0.294. The zero-order valence-corrected chi connectivity index (χ0v) is 16.5. The number of amides is 1. The molecule has 9 heteroatoms. The van der Waals surface area contributed by atoms with Crippen LogP contribution in [0.5, 0.6) is 0 Å². The average Bonchev–Trinajstić information content (AvgIpc) is 2.87. The number of thiocarbonyl (C=S) groups is 1. The number of carbonyl (C=O) groups excluding carboxylic acids is 1. The number of hydrogen-bond acceptors (Lipinski definition) is 6. The van der Waals surface area contributed by atoms with Crippen molar-refractivity contribution in [3.63, 3.8) is 0 Å². The third-order valence-electron chi connectivity index (χ3n) is 4.12. The number of nitrogens with zero attached hydrogens (tertiary/aromatic N) is 2. The molecule has 1 fully saturated rings. The molecule has 1 aromatic carbocycles. The zero-order chi connectivity index (χ0) is 18.9. The molecular formula is C17H18N2O4S3. The van der Waals surface area contributed by atoms with Gasteiger partial charge in [-0.25, -0.2) is 0 Å². The fourth-order valence-corrected chi connectivity index (χ4v) is 4.87. The molecule has 0 bridgehead atoms. The number of rotatable bonds is 5. The molecule has 1 aromatic rings. The molecular weight excluding hydrogens is 392 g/mol. The van der Waals surface area contributed by atoms with E-state index in [4.69, 9.17) is 16.8 Å². The number of hydrogen-bond donors (Lipinski definition) is 1. The maximum atomic E-state index is 12.7. The Labute approximate surface area is 162 Å². The van der Waals surface area contributed by atoms with Gasteiger partial charge in [-0.3, -0.25) is 14.2 Å². The van der Waals surface area contributed by atoms with Crippen LogP contribution in [0.3, 0.4) is 0 Å². The number of anilines is 1. The van der Waals surface area contributed by atoms with Crippen LogP contribution in [0.1, 0.15) is 18.9 Å². The van der Waals surface area contributed by atoms with E-state index in [1.54, 1.807) is 4.90 Å². The highest BCUT2D eigenvalue weighted by Crippen LogP contribution is 2.39. The van der Waals surface area contributed by atoms with Gasteiger partial charge in [0.25, 0.3) is 16.0 Å². The molecule has 0 atom stereocenters. The molecule has 26 heavy (non-hydrogen) atoms. The summed E-state index contributed by atoms with van der Waals surface area (Å²) in [5.41, 5.74) is 2.57. The summed E-state index contributed by atoms with van der Waals surface area (Å²) in [6.45, 7) is 2.73. The van der Waals surface area contributed by atoms with Crippen LogP contribution < -0.4 is 4.90 Å². The molecule has 3 rings (SSSR count). The Kier molecular flexibility index (Phi) is 5.52. The monoisotopic (exact) mass is 410 g/mol. The molecule has 0 saturated carbocycles. The lowest BCUT2D eigenvalue weighted by Crippen LogP contribution is -2.31. The van der Waals surface area contributed by atoms with Crippen LogP contribution in [-0.2, 0) is 14.9 Å². The van der Waals surface area contributed by atoms with Gasteiger partial charge in [0.05, 0.1) is 11.4 Å². The molecule has 2 aliphatic heterocycles. The van der Waals surface area contributed by atoms with Crippen molar-refractivity contribution in [3.8, 4) is 0 Å². The van der Waals surface area contributed by atoms with E-state index >= 15 is 0 Å². The lowest BCUT2D eigenvalue weighted by molar-refractivity contribution is -0.122. The van der Waals surface area contributed by atoms with Crippen molar-refractivity contribution < 1.29 is 17.8 Å². The van der Waals surface area contributed by atoms with Crippen molar-refractivity contribution in [3.05, 3.63) is 46.5 Å². The highest BCUT2D eigenvalue weighted by molar-refractivity contribution is 8.26. The average molecular weight is 411 g/mol. The van der Waals surface area contributed by atoms with Crippen molar-refractivity contribution in [2.75, 3.05) is 23.7 Å². The van der Waals surface area contributed by atoms with Crippen LogP contribution >= 0.6 is 24.0 Å². The van der Waals surface area contributed by atoms with Crippen LogP contribution in [0.25, 0.3) is 6.08 Å². The van der Waals surface area contributed by atoms with Gasteiger partial charge in [-0.1, -0.05) is 48.3 Å². The molecule has 1 amide bonds. The number of thioether (sulfide) groups is 1. The minimum atomic E-state index is -4.03. The van der Waals surface area contributed by atoms with Gasteiger partial charge in [-0.05, 0) is 31.1 Å². The normalized spacial score (nSPS) is 20.1. The van der Waals surface area contributed by atoms with E-state index in [9.17, 15) is 13.2 Å². The van der Waals surface area contributed by atoms with Gasteiger partial charge < -0.3 is 4.90 Å².